The molecule has 0 aliphatic heterocycles. The van der Waals surface area contributed by atoms with E-state index in [1.165, 1.54) is 0 Å². The fourth-order valence-corrected chi connectivity index (χ4v) is 2.08. The van der Waals surface area contributed by atoms with Gasteiger partial charge in [-0.25, -0.2) is 0 Å². The van der Waals surface area contributed by atoms with Crippen molar-refractivity contribution in [3.63, 3.8) is 0 Å². The van der Waals surface area contributed by atoms with Crippen molar-refractivity contribution in [2.75, 3.05) is 14.2 Å². The van der Waals surface area contributed by atoms with E-state index in [1.807, 2.05) is 36.4 Å². The molecule has 0 spiro atoms. The number of hydrogen-bond donors (Lipinski definition) is 0. The van der Waals surface area contributed by atoms with Crippen LogP contribution in [0, 0.1) is 11.3 Å². The Kier molecular flexibility index (Phi) is 5.54. The number of likely N-dealkylation sites (N-methyl/N-ethyl adjacent to an activating group) is 1. The fourth-order valence-electron chi connectivity index (χ4n) is 2.08. The number of rotatable bonds is 5. The lowest BCUT2D eigenvalue weighted by atomic mass is 10.1. The zero-order chi connectivity index (χ0) is 16.7. The second kappa shape index (κ2) is 7.81. The highest BCUT2D eigenvalue weighted by atomic mass is 16.5. The molecule has 23 heavy (non-hydrogen) atoms. The van der Waals surface area contributed by atoms with Crippen LogP contribution in [0.3, 0.4) is 0 Å². The lowest BCUT2D eigenvalue weighted by Crippen LogP contribution is -2.24. The van der Waals surface area contributed by atoms with Crippen LogP contribution in [0.1, 0.15) is 16.7 Å². The van der Waals surface area contributed by atoms with Crippen LogP contribution >= 0.6 is 0 Å². The smallest absolute Gasteiger partial charge is 0.246 e. The summed E-state index contributed by atoms with van der Waals surface area (Å²) in [7, 11) is 3.36. The Morgan fingerprint density at radius 1 is 1.26 bits per heavy atom. The van der Waals surface area contributed by atoms with Crippen LogP contribution in [0.25, 0.3) is 6.08 Å². The Morgan fingerprint density at radius 3 is 2.65 bits per heavy atom. The third-order valence-electron chi connectivity index (χ3n) is 3.39. The minimum absolute atomic E-state index is 0.0859. The van der Waals surface area contributed by atoms with Crippen LogP contribution in [-0.2, 0) is 11.3 Å². The van der Waals surface area contributed by atoms with Crippen molar-refractivity contribution < 1.29 is 9.53 Å². The molecule has 0 aliphatic rings. The van der Waals surface area contributed by atoms with Gasteiger partial charge in [0.15, 0.2) is 0 Å². The quantitative estimate of drug-likeness (QED) is 0.797. The first-order valence-electron chi connectivity index (χ1n) is 7.18. The van der Waals surface area contributed by atoms with Crippen molar-refractivity contribution in [1.82, 2.24) is 4.90 Å². The van der Waals surface area contributed by atoms with Gasteiger partial charge in [0.05, 0.1) is 18.7 Å². The van der Waals surface area contributed by atoms with Gasteiger partial charge in [-0.05, 0) is 41.5 Å². The summed E-state index contributed by atoms with van der Waals surface area (Å²) >= 11 is 0. The van der Waals surface area contributed by atoms with Gasteiger partial charge in [0.25, 0.3) is 0 Å². The van der Waals surface area contributed by atoms with Gasteiger partial charge in [-0.2, -0.15) is 5.26 Å². The van der Waals surface area contributed by atoms with Crippen molar-refractivity contribution in [2.24, 2.45) is 0 Å². The molecule has 0 saturated heterocycles. The predicted molar refractivity (Wildman–Crippen MR) is 89.7 cm³/mol. The summed E-state index contributed by atoms with van der Waals surface area (Å²) in [6.45, 7) is 0.493. The minimum atomic E-state index is -0.0859. The van der Waals surface area contributed by atoms with Gasteiger partial charge in [0.1, 0.15) is 5.75 Å². The summed E-state index contributed by atoms with van der Waals surface area (Å²) in [6.07, 6.45) is 3.30. The molecular weight excluding hydrogens is 288 g/mol. The van der Waals surface area contributed by atoms with Crippen molar-refractivity contribution in [1.29, 1.82) is 5.26 Å². The highest BCUT2D eigenvalue weighted by Gasteiger charge is 2.06. The number of nitrogens with zero attached hydrogens (tertiary/aromatic N) is 2. The summed E-state index contributed by atoms with van der Waals surface area (Å²) in [5.41, 5.74) is 2.50. The Bertz CT molecular complexity index is 743. The molecule has 0 fully saturated rings. The van der Waals surface area contributed by atoms with Crippen LogP contribution < -0.4 is 4.74 Å². The standard InChI is InChI=1S/C19H18N2O2/c1-21(14-17-8-6-16(13-20)7-9-17)19(22)11-10-15-4-3-5-18(12-15)23-2/h3-12H,14H2,1-2H3/b11-10+. The maximum atomic E-state index is 12.2. The minimum Gasteiger partial charge on any atom is -0.497 e. The summed E-state index contributed by atoms with van der Waals surface area (Å²) in [4.78, 5) is 13.8. The van der Waals surface area contributed by atoms with E-state index >= 15 is 0 Å². The van der Waals surface area contributed by atoms with Gasteiger partial charge < -0.3 is 9.64 Å². The van der Waals surface area contributed by atoms with Crippen LogP contribution in [0.2, 0.25) is 0 Å². The number of benzene rings is 2. The monoisotopic (exact) mass is 306 g/mol. The first-order valence-corrected chi connectivity index (χ1v) is 7.18. The second-order valence-electron chi connectivity index (χ2n) is 5.11. The molecule has 0 aromatic heterocycles. The fraction of sp³-hybridized carbons (Fsp3) is 0.158. The van der Waals surface area contributed by atoms with Crippen molar-refractivity contribution in [3.8, 4) is 11.8 Å². The maximum absolute atomic E-state index is 12.2. The van der Waals surface area contributed by atoms with E-state index in [2.05, 4.69) is 6.07 Å². The average Bonchev–Trinajstić information content (AvgIpc) is 2.60. The first-order chi connectivity index (χ1) is 11.1. The second-order valence-corrected chi connectivity index (χ2v) is 5.11. The lowest BCUT2D eigenvalue weighted by Gasteiger charge is -2.15. The molecule has 2 aromatic rings. The summed E-state index contributed by atoms with van der Waals surface area (Å²) in [6, 6.07) is 16.8. The number of amides is 1. The van der Waals surface area contributed by atoms with E-state index in [4.69, 9.17) is 10.00 Å². The molecule has 0 unspecified atom stereocenters. The summed E-state index contributed by atoms with van der Waals surface area (Å²) in [5.74, 6) is 0.669. The number of carbonyl (C=O) groups is 1. The first kappa shape index (κ1) is 16.3. The largest absolute Gasteiger partial charge is 0.497 e. The normalized spacial score (nSPS) is 10.3. The zero-order valence-corrected chi connectivity index (χ0v) is 13.2. The van der Waals surface area contributed by atoms with Crippen LogP contribution in [-0.4, -0.2) is 25.0 Å². The molecule has 116 valence electrons. The number of methoxy groups -OCH3 is 1. The number of carbonyl (C=O) groups excluding carboxylic acids is 1. The molecule has 4 heteroatoms. The van der Waals surface area contributed by atoms with Crippen molar-refractivity contribution in [3.05, 3.63) is 71.3 Å². The van der Waals surface area contributed by atoms with E-state index in [-0.39, 0.29) is 5.91 Å². The average molecular weight is 306 g/mol. The summed E-state index contributed by atoms with van der Waals surface area (Å²) < 4.78 is 5.15. The van der Waals surface area contributed by atoms with Gasteiger partial charge in [-0.1, -0.05) is 24.3 Å². The van der Waals surface area contributed by atoms with E-state index in [9.17, 15) is 4.79 Å². The number of ether oxygens (including phenoxy) is 1. The molecule has 0 N–H and O–H groups in total. The molecule has 0 heterocycles. The van der Waals surface area contributed by atoms with Crippen LogP contribution in [0.15, 0.2) is 54.6 Å². The molecule has 2 aromatic carbocycles. The summed E-state index contributed by atoms with van der Waals surface area (Å²) in [5, 5.41) is 8.78. The van der Waals surface area contributed by atoms with Crippen LogP contribution in [0.5, 0.6) is 5.75 Å². The van der Waals surface area contributed by atoms with Gasteiger partial charge in [-0.3, -0.25) is 4.79 Å². The molecule has 0 bridgehead atoms. The Labute approximate surface area is 136 Å². The highest BCUT2D eigenvalue weighted by Crippen LogP contribution is 2.14. The molecule has 1 amide bonds. The molecule has 0 saturated carbocycles. The van der Waals surface area contributed by atoms with Gasteiger partial charge in [-0.15, -0.1) is 0 Å². The number of nitriles is 1. The third kappa shape index (κ3) is 4.72. The maximum Gasteiger partial charge on any atom is 0.246 e. The number of hydrogen-bond acceptors (Lipinski definition) is 3. The molecular formula is C19H18N2O2. The molecule has 2 rings (SSSR count). The Balaban J connectivity index is 1.98. The van der Waals surface area contributed by atoms with Crippen molar-refractivity contribution in [2.45, 2.75) is 6.54 Å². The van der Waals surface area contributed by atoms with Crippen molar-refractivity contribution >= 4 is 12.0 Å². The van der Waals surface area contributed by atoms with Gasteiger partial charge in [0.2, 0.25) is 5.91 Å². The van der Waals surface area contributed by atoms with E-state index in [1.54, 1.807) is 43.3 Å². The molecule has 4 nitrogen and oxygen atoms in total. The highest BCUT2D eigenvalue weighted by molar-refractivity contribution is 5.91. The van der Waals surface area contributed by atoms with E-state index in [0.29, 0.717) is 12.1 Å². The zero-order valence-electron chi connectivity index (χ0n) is 13.2. The van der Waals surface area contributed by atoms with Crippen LogP contribution in [0.4, 0.5) is 0 Å². The lowest BCUT2D eigenvalue weighted by molar-refractivity contribution is -0.125. The third-order valence-corrected chi connectivity index (χ3v) is 3.39. The van der Waals surface area contributed by atoms with Gasteiger partial charge >= 0.3 is 0 Å². The molecule has 0 radical (unpaired) electrons. The predicted octanol–water partition coefficient (Wildman–Crippen LogP) is 3.24. The van der Waals surface area contributed by atoms with E-state index in [0.717, 1.165) is 16.9 Å². The molecule has 0 aliphatic carbocycles. The molecule has 0 atom stereocenters. The Morgan fingerprint density at radius 2 is 2.00 bits per heavy atom. The Hall–Kier alpha value is -3.06. The van der Waals surface area contributed by atoms with E-state index < -0.39 is 0 Å². The van der Waals surface area contributed by atoms with Gasteiger partial charge in [0, 0.05) is 19.7 Å². The SMILES string of the molecule is COc1cccc(/C=C/C(=O)N(C)Cc2ccc(C#N)cc2)c1. The topological polar surface area (TPSA) is 53.3 Å².